The lowest BCUT2D eigenvalue weighted by Crippen LogP contribution is -2.24. The van der Waals surface area contributed by atoms with E-state index in [0.29, 0.717) is 18.0 Å². The van der Waals surface area contributed by atoms with Gasteiger partial charge in [-0.05, 0) is 24.6 Å². The zero-order valence-electron chi connectivity index (χ0n) is 9.61. The van der Waals surface area contributed by atoms with Crippen molar-refractivity contribution < 1.29 is 4.79 Å². The Morgan fingerprint density at radius 3 is 3.00 bits per heavy atom. The quantitative estimate of drug-likeness (QED) is 0.737. The van der Waals surface area contributed by atoms with Crippen molar-refractivity contribution >= 4 is 60.1 Å². The van der Waals surface area contributed by atoms with E-state index in [9.17, 15) is 4.79 Å². The topological polar surface area (TPSA) is 33.2 Å². The Kier molecular flexibility index (Phi) is 3.08. The van der Waals surface area contributed by atoms with E-state index in [-0.39, 0.29) is 10.7 Å². The molecule has 2 heterocycles. The van der Waals surface area contributed by atoms with Crippen LogP contribution in [0.2, 0.25) is 5.02 Å². The van der Waals surface area contributed by atoms with Gasteiger partial charge in [-0.2, -0.15) is 0 Å². The average Bonchev–Trinajstić information content (AvgIpc) is 2.87. The van der Waals surface area contributed by atoms with E-state index < -0.39 is 0 Å². The number of hydrogen-bond donors (Lipinski definition) is 0. The highest BCUT2D eigenvalue weighted by Crippen LogP contribution is 2.35. The Hall–Kier alpha value is -0.650. The van der Waals surface area contributed by atoms with E-state index in [0.717, 1.165) is 20.9 Å². The molecule has 0 saturated carbocycles. The van der Waals surface area contributed by atoms with Gasteiger partial charge in [0.05, 0.1) is 10.2 Å². The average molecular weight is 346 g/mol. The molecule has 0 spiro atoms. The number of carbonyl (C=O) groups is 1. The van der Waals surface area contributed by atoms with Crippen LogP contribution in [0.15, 0.2) is 12.1 Å². The number of amides is 1. The van der Waals surface area contributed by atoms with Gasteiger partial charge in [-0.25, -0.2) is 4.98 Å². The number of thiazole rings is 1. The fourth-order valence-corrected chi connectivity index (χ4v) is 3.82. The van der Waals surface area contributed by atoms with E-state index in [1.807, 2.05) is 19.1 Å². The summed E-state index contributed by atoms with van der Waals surface area (Å²) in [6.45, 7) is 2.64. The molecule has 1 unspecified atom stereocenters. The van der Waals surface area contributed by atoms with E-state index in [1.54, 1.807) is 4.90 Å². The third kappa shape index (κ3) is 1.94. The molecule has 1 atom stereocenters. The molecule has 1 saturated heterocycles. The van der Waals surface area contributed by atoms with Gasteiger partial charge in [0.15, 0.2) is 5.13 Å². The highest BCUT2D eigenvalue weighted by atomic mass is 79.9. The molecule has 0 bridgehead atoms. The largest absolute Gasteiger partial charge is 0.287 e. The number of anilines is 1. The van der Waals surface area contributed by atoms with Crippen LogP contribution in [0.5, 0.6) is 0 Å². The second kappa shape index (κ2) is 4.47. The number of rotatable bonds is 1. The van der Waals surface area contributed by atoms with E-state index in [1.165, 1.54) is 11.3 Å². The Labute approximate surface area is 122 Å². The van der Waals surface area contributed by atoms with Crippen molar-refractivity contribution in [1.29, 1.82) is 0 Å². The van der Waals surface area contributed by atoms with Crippen molar-refractivity contribution in [3.05, 3.63) is 22.7 Å². The Balaban J connectivity index is 2.09. The van der Waals surface area contributed by atoms with Gasteiger partial charge in [0, 0.05) is 22.8 Å². The molecule has 1 amide bonds. The summed E-state index contributed by atoms with van der Waals surface area (Å²) < 4.78 is 1.07. The molecule has 3 nitrogen and oxygen atoms in total. The fraction of sp³-hybridized carbons (Fsp3) is 0.333. The second-order valence-electron chi connectivity index (χ2n) is 4.32. The van der Waals surface area contributed by atoms with Crippen LogP contribution in [0.25, 0.3) is 10.2 Å². The first-order valence-electron chi connectivity index (χ1n) is 5.56. The van der Waals surface area contributed by atoms with E-state index in [4.69, 9.17) is 11.6 Å². The number of benzene rings is 1. The van der Waals surface area contributed by atoms with Crippen LogP contribution in [-0.4, -0.2) is 22.3 Å². The lowest BCUT2D eigenvalue weighted by atomic mass is 10.2. The molecular formula is C12H10BrClN2OS. The Morgan fingerprint density at radius 2 is 2.33 bits per heavy atom. The first kappa shape index (κ1) is 12.4. The van der Waals surface area contributed by atoms with Crippen molar-refractivity contribution in [2.24, 2.45) is 0 Å². The summed E-state index contributed by atoms with van der Waals surface area (Å²) in [7, 11) is 0. The molecule has 1 aromatic carbocycles. The van der Waals surface area contributed by atoms with E-state index in [2.05, 4.69) is 20.9 Å². The van der Waals surface area contributed by atoms with Crippen molar-refractivity contribution in [1.82, 2.24) is 4.98 Å². The SMILES string of the molecule is Cc1c(Cl)ccc2sc(N3CC(Br)CC3=O)nc12. The van der Waals surface area contributed by atoms with Crippen LogP contribution < -0.4 is 4.90 Å². The molecule has 0 aliphatic carbocycles. The summed E-state index contributed by atoms with van der Waals surface area (Å²) in [5.74, 6) is 0.125. The fourth-order valence-electron chi connectivity index (χ4n) is 2.05. The van der Waals surface area contributed by atoms with Crippen molar-refractivity contribution in [2.45, 2.75) is 18.2 Å². The summed E-state index contributed by atoms with van der Waals surface area (Å²) in [5.41, 5.74) is 1.87. The maximum absolute atomic E-state index is 11.9. The summed E-state index contributed by atoms with van der Waals surface area (Å²) in [4.78, 5) is 18.4. The van der Waals surface area contributed by atoms with Gasteiger partial charge < -0.3 is 0 Å². The number of halogens is 2. The molecule has 1 aromatic heterocycles. The molecule has 1 fully saturated rings. The monoisotopic (exact) mass is 344 g/mol. The van der Waals surface area contributed by atoms with Crippen LogP contribution >= 0.6 is 38.9 Å². The minimum absolute atomic E-state index is 0.125. The van der Waals surface area contributed by atoms with Crippen LogP contribution in [0, 0.1) is 6.92 Å². The van der Waals surface area contributed by atoms with Crippen LogP contribution in [0.1, 0.15) is 12.0 Å². The minimum atomic E-state index is 0.125. The van der Waals surface area contributed by atoms with Gasteiger partial charge in [-0.1, -0.05) is 38.9 Å². The van der Waals surface area contributed by atoms with Gasteiger partial charge in [-0.3, -0.25) is 9.69 Å². The number of nitrogens with zero attached hydrogens (tertiary/aromatic N) is 2. The smallest absolute Gasteiger partial charge is 0.230 e. The van der Waals surface area contributed by atoms with Gasteiger partial charge in [-0.15, -0.1) is 0 Å². The van der Waals surface area contributed by atoms with Crippen LogP contribution in [0.3, 0.4) is 0 Å². The molecule has 1 aliphatic rings. The number of aromatic nitrogens is 1. The Bertz CT molecular complexity index is 642. The highest BCUT2D eigenvalue weighted by molar-refractivity contribution is 9.09. The third-order valence-electron chi connectivity index (χ3n) is 3.05. The zero-order valence-corrected chi connectivity index (χ0v) is 12.8. The predicted octanol–water partition coefficient (Wildman–Crippen LogP) is 3.76. The number of alkyl halides is 1. The maximum atomic E-state index is 11.9. The van der Waals surface area contributed by atoms with Crippen LogP contribution in [0.4, 0.5) is 5.13 Å². The summed E-state index contributed by atoms with van der Waals surface area (Å²) in [5, 5.41) is 1.48. The zero-order chi connectivity index (χ0) is 12.9. The standard InChI is InChI=1S/C12H10BrClN2OS/c1-6-8(14)2-3-9-11(6)15-12(18-9)16-5-7(13)4-10(16)17/h2-3,7H,4-5H2,1H3. The number of fused-ring (bicyclic) bond motifs is 1. The first-order chi connectivity index (χ1) is 8.56. The molecule has 2 aromatic rings. The summed E-state index contributed by atoms with van der Waals surface area (Å²) in [6.07, 6.45) is 0.537. The van der Waals surface area contributed by atoms with Gasteiger partial charge in [0.2, 0.25) is 5.91 Å². The van der Waals surface area contributed by atoms with Gasteiger partial charge in [0.1, 0.15) is 0 Å². The number of aryl methyl sites for hydroxylation is 1. The Morgan fingerprint density at radius 1 is 1.56 bits per heavy atom. The predicted molar refractivity (Wildman–Crippen MR) is 79.1 cm³/mol. The molecule has 6 heteroatoms. The number of carbonyl (C=O) groups excluding carboxylic acids is 1. The summed E-state index contributed by atoms with van der Waals surface area (Å²) >= 11 is 11.1. The maximum Gasteiger partial charge on any atom is 0.230 e. The molecule has 0 N–H and O–H groups in total. The molecule has 94 valence electrons. The van der Waals surface area contributed by atoms with Crippen molar-refractivity contribution in [2.75, 3.05) is 11.4 Å². The third-order valence-corrected chi connectivity index (χ3v) is 5.11. The first-order valence-corrected chi connectivity index (χ1v) is 7.67. The molecule has 1 aliphatic heterocycles. The molecule has 18 heavy (non-hydrogen) atoms. The molecular weight excluding hydrogens is 336 g/mol. The lowest BCUT2D eigenvalue weighted by Gasteiger charge is -2.10. The lowest BCUT2D eigenvalue weighted by molar-refractivity contribution is -0.117. The van der Waals surface area contributed by atoms with Gasteiger partial charge >= 0.3 is 0 Å². The molecule has 3 rings (SSSR count). The van der Waals surface area contributed by atoms with Gasteiger partial charge in [0.25, 0.3) is 0 Å². The number of hydrogen-bond acceptors (Lipinski definition) is 3. The molecule has 0 radical (unpaired) electrons. The minimum Gasteiger partial charge on any atom is -0.287 e. The van der Waals surface area contributed by atoms with Crippen LogP contribution in [-0.2, 0) is 4.79 Å². The van der Waals surface area contributed by atoms with Crippen molar-refractivity contribution in [3.8, 4) is 0 Å². The normalized spacial score (nSPS) is 20.1. The summed E-state index contributed by atoms with van der Waals surface area (Å²) in [6, 6.07) is 3.83. The van der Waals surface area contributed by atoms with E-state index >= 15 is 0 Å². The highest BCUT2D eigenvalue weighted by Gasteiger charge is 2.30. The second-order valence-corrected chi connectivity index (χ2v) is 7.03. The van der Waals surface area contributed by atoms with Crippen molar-refractivity contribution in [3.63, 3.8) is 0 Å².